The van der Waals surface area contributed by atoms with Crippen LogP contribution in [0.15, 0.2) is 24.3 Å². The molecule has 1 fully saturated rings. The molecule has 0 spiro atoms. The van der Waals surface area contributed by atoms with Crippen LogP contribution in [0.5, 0.6) is 0 Å². The van der Waals surface area contributed by atoms with Gasteiger partial charge < -0.3 is 9.31 Å². The van der Waals surface area contributed by atoms with Gasteiger partial charge in [0.15, 0.2) is 0 Å². The van der Waals surface area contributed by atoms with Crippen molar-refractivity contribution in [2.45, 2.75) is 64.5 Å². The zero-order valence-electron chi connectivity index (χ0n) is 13.1. The average molecular weight is 386 g/mol. The lowest BCUT2D eigenvalue weighted by Crippen LogP contribution is -2.41. The molecule has 0 amide bonds. The van der Waals surface area contributed by atoms with Gasteiger partial charge in [-0.3, -0.25) is 0 Å². The molecule has 4 heteroatoms. The van der Waals surface area contributed by atoms with Crippen LogP contribution in [-0.4, -0.2) is 18.3 Å². The van der Waals surface area contributed by atoms with E-state index in [4.69, 9.17) is 9.31 Å². The fourth-order valence-electron chi connectivity index (χ4n) is 2.58. The van der Waals surface area contributed by atoms with E-state index < -0.39 is 0 Å². The molecule has 1 aromatic rings. The maximum Gasteiger partial charge on any atom is 0.465 e. The van der Waals surface area contributed by atoms with Crippen molar-refractivity contribution in [3.8, 4) is 0 Å². The van der Waals surface area contributed by atoms with Crippen molar-refractivity contribution in [3.63, 3.8) is 0 Å². The Balaban J connectivity index is 2.30. The summed E-state index contributed by atoms with van der Waals surface area (Å²) in [4.78, 5) is 0. The van der Waals surface area contributed by atoms with Gasteiger partial charge in [0, 0.05) is 9.39 Å². The Kier molecular flexibility index (Phi) is 4.87. The van der Waals surface area contributed by atoms with E-state index in [9.17, 15) is 0 Å². The van der Waals surface area contributed by atoms with Gasteiger partial charge in [0.25, 0.3) is 0 Å². The van der Waals surface area contributed by atoms with Gasteiger partial charge >= 0.3 is 7.12 Å². The van der Waals surface area contributed by atoms with Gasteiger partial charge in [-0.05, 0) is 68.3 Å². The maximum atomic E-state index is 6.26. The quantitative estimate of drug-likeness (QED) is 0.547. The standard InChI is InChI=1S/C16H24BIO2/c1-6-9-13(12-10-7-8-11-14(12)18)17-19-15(2,3)16(4,5)20-17/h7-8,10-11,13H,6,9H2,1-5H3. The summed E-state index contributed by atoms with van der Waals surface area (Å²) < 4.78 is 13.8. The molecule has 2 rings (SSSR count). The first-order chi connectivity index (χ1) is 9.28. The summed E-state index contributed by atoms with van der Waals surface area (Å²) in [7, 11) is -0.157. The molecule has 20 heavy (non-hydrogen) atoms. The molecule has 0 saturated carbocycles. The summed E-state index contributed by atoms with van der Waals surface area (Å²) in [6, 6.07) is 8.54. The highest BCUT2D eigenvalue weighted by Crippen LogP contribution is 2.42. The Morgan fingerprint density at radius 2 is 1.65 bits per heavy atom. The highest BCUT2D eigenvalue weighted by Gasteiger charge is 2.53. The summed E-state index contributed by atoms with van der Waals surface area (Å²) >= 11 is 2.41. The van der Waals surface area contributed by atoms with Crippen LogP contribution < -0.4 is 0 Å². The largest absolute Gasteiger partial charge is 0.465 e. The Morgan fingerprint density at radius 3 is 2.15 bits per heavy atom. The molecule has 0 aromatic heterocycles. The normalized spacial score (nSPS) is 22.0. The van der Waals surface area contributed by atoms with Crippen molar-refractivity contribution < 1.29 is 9.31 Å². The van der Waals surface area contributed by atoms with Gasteiger partial charge in [-0.2, -0.15) is 0 Å². The van der Waals surface area contributed by atoms with Crippen LogP contribution in [0.3, 0.4) is 0 Å². The van der Waals surface area contributed by atoms with Gasteiger partial charge in [-0.15, -0.1) is 0 Å². The number of benzene rings is 1. The van der Waals surface area contributed by atoms with E-state index in [1.807, 2.05) is 0 Å². The Morgan fingerprint density at radius 1 is 1.10 bits per heavy atom. The van der Waals surface area contributed by atoms with Crippen LogP contribution in [0.1, 0.15) is 58.8 Å². The Labute approximate surface area is 136 Å². The minimum Gasteiger partial charge on any atom is -0.403 e. The fraction of sp³-hybridized carbons (Fsp3) is 0.625. The number of hydrogen-bond donors (Lipinski definition) is 0. The van der Waals surface area contributed by atoms with Gasteiger partial charge in [-0.1, -0.05) is 31.5 Å². The highest BCUT2D eigenvalue weighted by molar-refractivity contribution is 14.1. The van der Waals surface area contributed by atoms with Crippen LogP contribution in [0.2, 0.25) is 0 Å². The van der Waals surface area contributed by atoms with E-state index in [1.54, 1.807) is 0 Å². The van der Waals surface area contributed by atoms with Crippen LogP contribution in [0.25, 0.3) is 0 Å². The van der Waals surface area contributed by atoms with Crippen LogP contribution in [0.4, 0.5) is 0 Å². The van der Waals surface area contributed by atoms with E-state index in [0.717, 1.165) is 12.8 Å². The van der Waals surface area contributed by atoms with Gasteiger partial charge in [0.1, 0.15) is 0 Å². The molecule has 1 aromatic carbocycles. The zero-order valence-corrected chi connectivity index (χ0v) is 15.2. The first-order valence-electron chi connectivity index (χ1n) is 7.38. The summed E-state index contributed by atoms with van der Waals surface area (Å²) in [5.41, 5.74) is 0.821. The lowest BCUT2D eigenvalue weighted by Gasteiger charge is -2.32. The van der Waals surface area contributed by atoms with Crippen LogP contribution in [-0.2, 0) is 9.31 Å². The second-order valence-electron chi connectivity index (χ2n) is 6.54. The summed E-state index contributed by atoms with van der Waals surface area (Å²) in [5.74, 6) is 0.300. The van der Waals surface area contributed by atoms with Gasteiger partial charge in [0.05, 0.1) is 11.2 Å². The molecular formula is C16H24BIO2. The van der Waals surface area contributed by atoms with Crippen LogP contribution >= 0.6 is 22.6 Å². The van der Waals surface area contributed by atoms with Crippen molar-refractivity contribution in [2.24, 2.45) is 0 Å². The summed E-state index contributed by atoms with van der Waals surface area (Å²) in [6.07, 6.45) is 2.20. The smallest absolute Gasteiger partial charge is 0.403 e. The molecule has 0 aliphatic carbocycles. The maximum absolute atomic E-state index is 6.26. The van der Waals surface area contributed by atoms with Crippen LogP contribution in [0, 0.1) is 3.57 Å². The summed E-state index contributed by atoms with van der Waals surface area (Å²) in [6.45, 7) is 10.7. The molecule has 1 saturated heterocycles. The fourth-order valence-corrected chi connectivity index (χ4v) is 3.37. The molecule has 0 bridgehead atoms. The number of rotatable bonds is 4. The lowest BCUT2D eigenvalue weighted by molar-refractivity contribution is 0.00578. The van der Waals surface area contributed by atoms with E-state index >= 15 is 0 Å². The second kappa shape index (κ2) is 5.97. The first-order valence-corrected chi connectivity index (χ1v) is 8.46. The Hall–Kier alpha value is -0.0651. The zero-order chi connectivity index (χ0) is 15.0. The van der Waals surface area contributed by atoms with Crippen molar-refractivity contribution in [1.29, 1.82) is 0 Å². The van der Waals surface area contributed by atoms with E-state index in [1.165, 1.54) is 9.13 Å². The van der Waals surface area contributed by atoms with Crippen molar-refractivity contribution >= 4 is 29.7 Å². The topological polar surface area (TPSA) is 18.5 Å². The lowest BCUT2D eigenvalue weighted by atomic mass is 9.66. The molecule has 1 aliphatic rings. The molecule has 1 atom stereocenters. The molecule has 0 N–H and O–H groups in total. The third-order valence-corrected chi connectivity index (χ3v) is 5.49. The predicted octanol–water partition coefficient (Wildman–Crippen LogP) is 4.81. The molecule has 1 unspecified atom stereocenters. The van der Waals surface area contributed by atoms with Gasteiger partial charge in [0.2, 0.25) is 0 Å². The molecule has 1 aliphatic heterocycles. The van der Waals surface area contributed by atoms with E-state index in [2.05, 4.69) is 81.5 Å². The molecule has 2 nitrogen and oxygen atoms in total. The average Bonchev–Trinajstić information content (AvgIpc) is 2.56. The monoisotopic (exact) mass is 386 g/mol. The Bertz CT molecular complexity index is 457. The minimum atomic E-state index is -0.260. The molecular weight excluding hydrogens is 362 g/mol. The van der Waals surface area contributed by atoms with Crippen molar-refractivity contribution in [2.75, 3.05) is 0 Å². The third kappa shape index (κ3) is 3.07. The van der Waals surface area contributed by atoms with E-state index in [-0.39, 0.29) is 18.3 Å². The molecule has 110 valence electrons. The predicted molar refractivity (Wildman–Crippen MR) is 92.9 cm³/mol. The number of halogens is 1. The molecule has 1 heterocycles. The second-order valence-corrected chi connectivity index (χ2v) is 7.70. The minimum absolute atomic E-state index is 0.157. The first kappa shape index (κ1) is 16.3. The van der Waals surface area contributed by atoms with Crippen molar-refractivity contribution in [1.82, 2.24) is 0 Å². The summed E-state index contributed by atoms with van der Waals surface area (Å²) in [5, 5.41) is 0. The molecule has 0 radical (unpaired) electrons. The third-order valence-electron chi connectivity index (χ3n) is 4.50. The highest BCUT2D eigenvalue weighted by atomic mass is 127. The SMILES string of the molecule is CCCC(B1OC(C)(C)C(C)(C)O1)c1ccccc1I. The van der Waals surface area contributed by atoms with Crippen molar-refractivity contribution in [3.05, 3.63) is 33.4 Å². The van der Waals surface area contributed by atoms with Gasteiger partial charge in [-0.25, -0.2) is 0 Å². The number of hydrogen-bond acceptors (Lipinski definition) is 2. The van der Waals surface area contributed by atoms with E-state index in [0.29, 0.717) is 5.82 Å².